The molecule has 0 amide bonds. The van der Waals surface area contributed by atoms with E-state index in [0.29, 0.717) is 18.0 Å². The minimum Gasteiger partial charge on any atom is -0.462 e. The van der Waals surface area contributed by atoms with Gasteiger partial charge in [-0.15, -0.1) is 16.4 Å². The summed E-state index contributed by atoms with van der Waals surface area (Å²) in [5.74, 6) is 0.263. The summed E-state index contributed by atoms with van der Waals surface area (Å²) in [6.45, 7) is 2.62. The Bertz CT molecular complexity index is 830. The van der Waals surface area contributed by atoms with Crippen molar-refractivity contribution in [3.8, 4) is 16.7 Å². The lowest BCUT2D eigenvalue weighted by Gasteiger charge is -2.03. The molecule has 0 unspecified atom stereocenters. The van der Waals surface area contributed by atoms with E-state index >= 15 is 0 Å². The van der Waals surface area contributed by atoms with Crippen LogP contribution in [0.4, 0.5) is 0 Å². The molecule has 3 rings (SSSR count). The Kier molecular flexibility index (Phi) is 5.42. The first kappa shape index (κ1) is 16.9. The fourth-order valence-corrected chi connectivity index (χ4v) is 3.21. The van der Waals surface area contributed by atoms with Gasteiger partial charge in [0.25, 0.3) is 5.91 Å². The fourth-order valence-electron chi connectivity index (χ4n) is 2.11. The Labute approximate surface area is 152 Å². The van der Waals surface area contributed by atoms with Gasteiger partial charge in [0.15, 0.2) is 5.82 Å². The quantitative estimate of drug-likeness (QED) is 0.560. The summed E-state index contributed by atoms with van der Waals surface area (Å²) in [4.78, 5) is 18.1. The second-order valence-electron chi connectivity index (χ2n) is 5.12. The van der Waals surface area contributed by atoms with Gasteiger partial charge in [0.05, 0.1) is 11.5 Å². The van der Waals surface area contributed by atoms with Crippen molar-refractivity contribution in [2.45, 2.75) is 19.8 Å². The summed E-state index contributed by atoms with van der Waals surface area (Å²) in [5, 5.41) is 6.21. The Hall–Kier alpha value is -1.99. The average Bonchev–Trinajstić information content (AvgIpc) is 3.24. The van der Waals surface area contributed by atoms with Crippen molar-refractivity contribution in [1.29, 1.82) is 0 Å². The van der Waals surface area contributed by atoms with Crippen molar-refractivity contribution in [3.05, 3.63) is 51.8 Å². The second-order valence-corrected chi connectivity index (χ2v) is 6.99. The first-order valence-electron chi connectivity index (χ1n) is 7.63. The maximum Gasteiger partial charge on any atom is 0.336 e. The van der Waals surface area contributed by atoms with Crippen molar-refractivity contribution in [2.24, 2.45) is 0 Å². The lowest BCUT2D eigenvalue weighted by atomic mass is 10.2. The largest absolute Gasteiger partial charge is 0.462 e. The number of hydrogen-bond acceptors (Lipinski definition) is 5. The molecule has 0 N–H and O–H groups in total. The third-order valence-electron chi connectivity index (χ3n) is 3.32. The predicted octanol–water partition coefficient (Wildman–Crippen LogP) is 4.64. The Morgan fingerprint density at radius 3 is 2.92 bits per heavy atom. The Balaban J connectivity index is 1.97. The van der Waals surface area contributed by atoms with Gasteiger partial charge in [-0.25, -0.2) is 0 Å². The van der Waals surface area contributed by atoms with Crippen LogP contribution >= 0.6 is 27.3 Å². The summed E-state index contributed by atoms with van der Waals surface area (Å²) < 4.78 is 7.73. The van der Waals surface area contributed by atoms with Gasteiger partial charge in [0, 0.05) is 10.0 Å². The molecule has 0 aliphatic heterocycles. The van der Waals surface area contributed by atoms with Crippen LogP contribution in [0.1, 0.15) is 30.1 Å². The van der Waals surface area contributed by atoms with Gasteiger partial charge in [-0.2, -0.15) is 9.67 Å². The first-order chi connectivity index (χ1) is 11.7. The molecule has 7 heteroatoms. The average molecular weight is 406 g/mol. The van der Waals surface area contributed by atoms with Gasteiger partial charge in [0.1, 0.15) is 0 Å². The molecule has 2 aromatic heterocycles. The third-order valence-corrected chi connectivity index (χ3v) is 4.68. The standard InChI is InChI=1S/C17H16BrN3O2S/c1-2-3-9-23-17-19-15(14-8-5-10-24-14)21(20-17)16(22)12-6-4-7-13(18)11-12/h4-8,10-11H,2-3,9H2,1H3. The number of halogens is 1. The number of aromatic nitrogens is 3. The van der Waals surface area contributed by atoms with Crippen LogP contribution in [-0.4, -0.2) is 27.3 Å². The van der Waals surface area contributed by atoms with E-state index in [4.69, 9.17) is 4.74 Å². The SMILES string of the molecule is CCCCOc1nc(-c2cccs2)n(C(=O)c2cccc(Br)c2)n1. The molecular formula is C17H16BrN3O2S. The van der Waals surface area contributed by atoms with Crippen molar-refractivity contribution in [1.82, 2.24) is 14.8 Å². The zero-order valence-corrected chi connectivity index (χ0v) is 15.5. The highest BCUT2D eigenvalue weighted by atomic mass is 79.9. The van der Waals surface area contributed by atoms with Gasteiger partial charge in [0.2, 0.25) is 0 Å². The molecule has 0 saturated heterocycles. The molecule has 0 saturated carbocycles. The number of benzene rings is 1. The minimum atomic E-state index is -0.238. The van der Waals surface area contributed by atoms with Crippen LogP contribution in [0.15, 0.2) is 46.3 Å². The Morgan fingerprint density at radius 1 is 1.33 bits per heavy atom. The molecule has 1 aromatic carbocycles. The molecule has 0 fully saturated rings. The van der Waals surface area contributed by atoms with E-state index in [9.17, 15) is 4.79 Å². The van der Waals surface area contributed by atoms with E-state index < -0.39 is 0 Å². The molecule has 0 aliphatic carbocycles. The summed E-state index contributed by atoms with van der Waals surface area (Å²) in [6, 6.07) is 11.3. The number of thiophene rings is 1. The van der Waals surface area contributed by atoms with E-state index in [2.05, 4.69) is 32.9 Å². The number of nitrogens with zero attached hydrogens (tertiary/aromatic N) is 3. The van der Waals surface area contributed by atoms with Gasteiger partial charge < -0.3 is 4.74 Å². The van der Waals surface area contributed by atoms with Crippen LogP contribution < -0.4 is 4.74 Å². The highest BCUT2D eigenvalue weighted by molar-refractivity contribution is 9.10. The molecule has 24 heavy (non-hydrogen) atoms. The molecule has 0 spiro atoms. The normalized spacial score (nSPS) is 10.8. The van der Waals surface area contributed by atoms with Gasteiger partial charge in [-0.05, 0) is 36.1 Å². The number of carbonyl (C=O) groups is 1. The van der Waals surface area contributed by atoms with Gasteiger partial charge >= 0.3 is 6.01 Å². The zero-order valence-electron chi connectivity index (χ0n) is 13.1. The van der Waals surface area contributed by atoms with Crippen LogP contribution in [-0.2, 0) is 0 Å². The lowest BCUT2D eigenvalue weighted by molar-refractivity contribution is 0.0944. The minimum absolute atomic E-state index is 0.232. The number of hydrogen-bond donors (Lipinski definition) is 0. The van der Waals surface area contributed by atoms with Crippen LogP contribution in [0.5, 0.6) is 6.01 Å². The molecule has 3 aromatic rings. The molecule has 5 nitrogen and oxygen atoms in total. The van der Waals surface area contributed by atoms with E-state index in [-0.39, 0.29) is 11.9 Å². The van der Waals surface area contributed by atoms with Crippen molar-refractivity contribution < 1.29 is 9.53 Å². The number of unbranched alkanes of at least 4 members (excludes halogenated alkanes) is 1. The monoisotopic (exact) mass is 405 g/mol. The van der Waals surface area contributed by atoms with E-state index in [1.54, 1.807) is 12.1 Å². The number of carbonyl (C=O) groups excluding carboxylic acids is 1. The highest BCUT2D eigenvalue weighted by Crippen LogP contribution is 2.26. The summed E-state index contributed by atoms with van der Waals surface area (Å²) in [6.07, 6.45) is 1.94. The molecule has 0 aliphatic rings. The van der Waals surface area contributed by atoms with Crippen LogP contribution in [0.25, 0.3) is 10.7 Å². The number of ether oxygens (including phenoxy) is 1. The van der Waals surface area contributed by atoms with E-state index in [1.807, 2.05) is 29.6 Å². The molecule has 0 atom stereocenters. The van der Waals surface area contributed by atoms with E-state index in [1.165, 1.54) is 16.0 Å². The summed E-state index contributed by atoms with van der Waals surface area (Å²) >= 11 is 4.89. The second kappa shape index (κ2) is 7.72. The van der Waals surface area contributed by atoms with Gasteiger partial charge in [-0.1, -0.05) is 41.4 Å². The van der Waals surface area contributed by atoms with Crippen LogP contribution in [0.2, 0.25) is 0 Å². The molecular weight excluding hydrogens is 390 g/mol. The fraction of sp³-hybridized carbons (Fsp3) is 0.235. The van der Waals surface area contributed by atoms with Crippen molar-refractivity contribution in [2.75, 3.05) is 6.61 Å². The summed E-state index contributed by atoms with van der Waals surface area (Å²) in [7, 11) is 0. The molecule has 0 radical (unpaired) electrons. The third kappa shape index (κ3) is 3.73. The molecule has 124 valence electrons. The van der Waals surface area contributed by atoms with E-state index in [0.717, 1.165) is 22.2 Å². The zero-order chi connectivity index (χ0) is 16.9. The maximum absolute atomic E-state index is 12.8. The topological polar surface area (TPSA) is 57.0 Å². The van der Waals surface area contributed by atoms with Crippen molar-refractivity contribution >= 4 is 33.2 Å². The number of rotatable bonds is 6. The Morgan fingerprint density at radius 2 is 2.21 bits per heavy atom. The predicted molar refractivity (Wildman–Crippen MR) is 97.6 cm³/mol. The lowest BCUT2D eigenvalue weighted by Crippen LogP contribution is -2.15. The summed E-state index contributed by atoms with van der Waals surface area (Å²) in [5.41, 5.74) is 0.534. The maximum atomic E-state index is 12.8. The van der Waals surface area contributed by atoms with Crippen LogP contribution in [0.3, 0.4) is 0 Å². The first-order valence-corrected chi connectivity index (χ1v) is 9.30. The van der Waals surface area contributed by atoms with Crippen molar-refractivity contribution in [3.63, 3.8) is 0 Å². The van der Waals surface area contributed by atoms with Gasteiger partial charge in [-0.3, -0.25) is 4.79 Å². The van der Waals surface area contributed by atoms with Crippen LogP contribution in [0, 0.1) is 0 Å². The smallest absolute Gasteiger partial charge is 0.336 e. The molecule has 0 bridgehead atoms. The highest BCUT2D eigenvalue weighted by Gasteiger charge is 2.20. The molecule has 2 heterocycles.